The molecule has 1 aromatic rings. The van der Waals surface area contributed by atoms with Gasteiger partial charge in [0, 0.05) is 17.2 Å². The van der Waals surface area contributed by atoms with Crippen molar-refractivity contribution in [3.05, 3.63) is 45.9 Å². The maximum atomic E-state index is 12.7. The van der Waals surface area contributed by atoms with Crippen LogP contribution in [0.15, 0.2) is 40.3 Å². The zero-order valence-corrected chi connectivity index (χ0v) is 16.6. The highest BCUT2D eigenvalue weighted by atomic mass is 79.9. The van der Waals surface area contributed by atoms with Crippen molar-refractivity contribution in [1.82, 2.24) is 10.2 Å². The number of ether oxygens (including phenoxy) is 1. The number of nitrogens with zero attached hydrogens (tertiary/aromatic N) is 1. The first kappa shape index (κ1) is 17.7. The van der Waals surface area contributed by atoms with E-state index in [9.17, 15) is 4.79 Å². The van der Waals surface area contributed by atoms with Crippen molar-refractivity contribution < 1.29 is 9.53 Å². The molecule has 0 aliphatic carbocycles. The first-order chi connectivity index (χ1) is 11.3. The van der Waals surface area contributed by atoms with E-state index in [1.807, 2.05) is 44.0 Å². The first-order valence-electron chi connectivity index (χ1n) is 8.18. The monoisotopic (exact) mass is 410 g/mol. The van der Waals surface area contributed by atoms with E-state index in [0.717, 1.165) is 23.9 Å². The summed E-state index contributed by atoms with van der Waals surface area (Å²) in [5.74, 6) is 0. The van der Waals surface area contributed by atoms with E-state index >= 15 is 0 Å². The van der Waals surface area contributed by atoms with Gasteiger partial charge >= 0.3 is 6.09 Å². The van der Waals surface area contributed by atoms with Crippen molar-refractivity contribution in [2.24, 2.45) is 0 Å². The molecule has 1 saturated heterocycles. The molecule has 2 aliphatic rings. The first-order valence-corrected chi connectivity index (χ1v) is 9.85. The number of nitrogens with one attached hydrogen (secondary N) is 1. The SMILES string of the molecule is CC(C)(C)OC(=O)N1CCC[C@H]1C1(c2ccc(Br)cc2)NC=CS1. The van der Waals surface area contributed by atoms with E-state index in [1.165, 1.54) is 5.56 Å². The topological polar surface area (TPSA) is 41.6 Å². The molecule has 6 heteroatoms. The van der Waals surface area contributed by atoms with Gasteiger partial charge in [0.1, 0.15) is 10.5 Å². The summed E-state index contributed by atoms with van der Waals surface area (Å²) >= 11 is 5.22. The Morgan fingerprint density at radius 1 is 1.38 bits per heavy atom. The Labute approximate surface area is 156 Å². The van der Waals surface area contributed by atoms with E-state index in [-0.39, 0.29) is 17.0 Å². The van der Waals surface area contributed by atoms with Gasteiger partial charge in [-0.1, -0.05) is 39.8 Å². The quantitative estimate of drug-likeness (QED) is 0.759. The van der Waals surface area contributed by atoms with Gasteiger partial charge in [0.25, 0.3) is 0 Å². The third kappa shape index (κ3) is 3.45. The lowest BCUT2D eigenvalue weighted by Crippen LogP contribution is -2.53. The fourth-order valence-corrected chi connectivity index (χ4v) is 4.70. The molecule has 0 bridgehead atoms. The Hall–Kier alpha value is -1.14. The molecule has 4 nitrogen and oxygen atoms in total. The summed E-state index contributed by atoms with van der Waals surface area (Å²) in [6.45, 7) is 6.46. The molecule has 1 amide bonds. The number of carbonyl (C=O) groups is 1. The fraction of sp³-hybridized carbons (Fsp3) is 0.500. The number of halogens is 1. The molecule has 0 saturated carbocycles. The van der Waals surface area contributed by atoms with Crippen molar-refractivity contribution in [1.29, 1.82) is 0 Å². The smallest absolute Gasteiger partial charge is 0.410 e. The van der Waals surface area contributed by atoms with Gasteiger partial charge in [-0.15, -0.1) is 0 Å². The highest BCUT2D eigenvalue weighted by Gasteiger charge is 2.49. The maximum Gasteiger partial charge on any atom is 0.410 e. The second-order valence-corrected chi connectivity index (χ2v) is 9.21. The summed E-state index contributed by atoms with van der Waals surface area (Å²) in [7, 11) is 0. The van der Waals surface area contributed by atoms with Crippen LogP contribution in [0, 0.1) is 0 Å². The minimum absolute atomic E-state index is 0.0496. The number of likely N-dealkylation sites (tertiary alicyclic amines) is 1. The number of amides is 1. The third-order valence-electron chi connectivity index (χ3n) is 4.24. The third-order valence-corrected chi connectivity index (χ3v) is 6.04. The van der Waals surface area contributed by atoms with Crippen molar-refractivity contribution in [3.63, 3.8) is 0 Å². The highest BCUT2D eigenvalue weighted by molar-refractivity contribution is 9.10. The van der Waals surface area contributed by atoms with Crippen LogP contribution >= 0.6 is 27.7 Å². The van der Waals surface area contributed by atoms with Gasteiger partial charge in [-0.3, -0.25) is 0 Å². The zero-order valence-electron chi connectivity index (χ0n) is 14.2. The molecular weight excluding hydrogens is 388 g/mol. The standard InChI is InChI=1S/C18H23BrN2O2S/c1-17(2,3)23-16(22)21-11-4-5-15(21)18(20-10-12-24-18)13-6-8-14(19)9-7-13/h6-10,12,15,20H,4-5,11H2,1-3H3/t15-,18?/m0/s1. The number of rotatable bonds is 2. The normalized spacial score (nSPS) is 26.5. The van der Waals surface area contributed by atoms with Gasteiger partial charge < -0.3 is 15.0 Å². The predicted octanol–water partition coefficient (Wildman–Crippen LogP) is 4.81. The Kier molecular flexibility index (Phi) is 4.89. The summed E-state index contributed by atoms with van der Waals surface area (Å²) in [6.07, 6.45) is 3.69. The summed E-state index contributed by atoms with van der Waals surface area (Å²) in [6, 6.07) is 8.37. The van der Waals surface area contributed by atoms with Gasteiger partial charge in [0.2, 0.25) is 0 Å². The van der Waals surface area contributed by atoms with Gasteiger partial charge in [-0.25, -0.2) is 4.79 Å². The lowest BCUT2D eigenvalue weighted by molar-refractivity contribution is 0.0185. The molecule has 3 rings (SSSR count). The second-order valence-electron chi connectivity index (χ2n) is 7.14. The molecule has 2 heterocycles. The molecule has 130 valence electrons. The van der Waals surface area contributed by atoms with Crippen LogP contribution in [-0.4, -0.2) is 29.2 Å². The van der Waals surface area contributed by atoms with Crippen LogP contribution in [0.3, 0.4) is 0 Å². The van der Waals surface area contributed by atoms with Crippen LogP contribution in [-0.2, 0) is 9.61 Å². The minimum Gasteiger partial charge on any atom is -0.444 e. The van der Waals surface area contributed by atoms with Gasteiger partial charge in [0.05, 0.1) is 6.04 Å². The van der Waals surface area contributed by atoms with Crippen LogP contribution in [0.1, 0.15) is 39.2 Å². The van der Waals surface area contributed by atoms with E-state index in [4.69, 9.17) is 4.74 Å². The lowest BCUT2D eigenvalue weighted by atomic mass is 9.96. The van der Waals surface area contributed by atoms with Crippen molar-refractivity contribution in [2.45, 2.75) is 50.1 Å². The van der Waals surface area contributed by atoms with Crippen LogP contribution in [0.25, 0.3) is 0 Å². The number of carbonyl (C=O) groups excluding carboxylic acids is 1. The van der Waals surface area contributed by atoms with Crippen molar-refractivity contribution >= 4 is 33.8 Å². The van der Waals surface area contributed by atoms with Gasteiger partial charge in [-0.2, -0.15) is 0 Å². The molecule has 2 aliphatic heterocycles. The Morgan fingerprint density at radius 3 is 2.67 bits per heavy atom. The van der Waals surface area contributed by atoms with Crippen LogP contribution in [0.4, 0.5) is 4.79 Å². The molecule has 0 spiro atoms. The Morgan fingerprint density at radius 2 is 2.08 bits per heavy atom. The molecule has 1 N–H and O–H groups in total. The minimum atomic E-state index is -0.483. The summed E-state index contributed by atoms with van der Waals surface area (Å²) < 4.78 is 6.68. The summed E-state index contributed by atoms with van der Waals surface area (Å²) in [5.41, 5.74) is 0.685. The molecule has 1 unspecified atom stereocenters. The number of hydrogen-bond acceptors (Lipinski definition) is 4. The second kappa shape index (κ2) is 6.64. The average molecular weight is 411 g/mol. The van der Waals surface area contributed by atoms with Crippen LogP contribution < -0.4 is 5.32 Å². The maximum absolute atomic E-state index is 12.7. The largest absolute Gasteiger partial charge is 0.444 e. The summed E-state index contributed by atoms with van der Waals surface area (Å²) in [5, 5.41) is 5.58. The van der Waals surface area contributed by atoms with Gasteiger partial charge in [0.15, 0.2) is 0 Å². The predicted molar refractivity (Wildman–Crippen MR) is 102 cm³/mol. The Balaban J connectivity index is 1.90. The van der Waals surface area contributed by atoms with Crippen molar-refractivity contribution in [2.75, 3.05) is 6.54 Å². The highest BCUT2D eigenvalue weighted by Crippen LogP contribution is 2.47. The van der Waals surface area contributed by atoms with E-state index in [2.05, 4.69) is 38.8 Å². The molecule has 24 heavy (non-hydrogen) atoms. The van der Waals surface area contributed by atoms with E-state index < -0.39 is 5.60 Å². The fourth-order valence-electron chi connectivity index (χ4n) is 3.28. The van der Waals surface area contributed by atoms with Crippen LogP contribution in [0.2, 0.25) is 0 Å². The molecule has 1 fully saturated rings. The van der Waals surface area contributed by atoms with Gasteiger partial charge in [-0.05, 0) is 56.7 Å². The van der Waals surface area contributed by atoms with Crippen LogP contribution in [0.5, 0.6) is 0 Å². The molecule has 1 aromatic carbocycles. The Bertz CT molecular complexity index is 631. The molecule has 0 radical (unpaired) electrons. The van der Waals surface area contributed by atoms with Crippen molar-refractivity contribution in [3.8, 4) is 0 Å². The zero-order chi connectivity index (χ0) is 17.4. The molecule has 0 aromatic heterocycles. The van der Waals surface area contributed by atoms with E-state index in [0.29, 0.717) is 0 Å². The lowest BCUT2D eigenvalue weighted by Gasteiger charge is -2.40. The number of benzene rings is 1. The summed E-state index contributed by atoms with van der Waals surface area (Å²) in [4.78, 5) is 14.2. The average Bonchev–Trinajstić information content (AvgIpc) is 3.16. The molecular formula is C18H23BrN2O2S. The number of thioether (sulfide) groups is 1. The number of hydrogen-bond donors (Lipinski definition) is 1. The molecule has 2 atom stereocenters. The van der Waals surface area contributed by atoms with E-state index in [1.54, 1.807) is 11.8 Å².